The van der Waals surface area contributed by atoms with Crippen molar-refractivity contribution in [1.29, 1.82) is 0 Å². The summed E-state index contributed by atoms with van der Waals surface area (Å²) in [5.74, 6) is -0.880. The van der Waals surface area contributed by atoms with Crippen molar-refractivity contribution >= 4 is 5.97 Å². The molecule has 0 aliphatic heterocycles. The molecule has 0 aromatic carbocycles. The normalized spacial score (nSPS) is 12.5. The molecule has 0 aliphatic carbocycles. The van der Waals surface area contributed by atoms with E-state index in [1.165, 1.54) is 18.9 Å². The second kappa shape index (κ2) is 13.5. The molecule has 0 unspecified atom stereocenters. The first kappa shape index (κ1) is 16.4. The van der Waals surface area contributed by atoms with E-state index in [9.17, 15) is 4.79 Å². The third kappa shape index (κ3) is 14.4. The average Bonchev–Trinajstić information content (AvgIpc) is 2.34. The molecule has 0 aliphatic rings. The van der Waals surface area contributed by atoms with E-state index in [-0.39, 0.29) is 0 Å². The first-order valence-electron chi connectivity index (χ1n) is 6.63. The van der Waals surface area contributed by atoms with E-state index in [1.807, 2.05) is 6.08 Å². The van der Waals surface area contributed by atoms with Crippen LogP contribution in [0.15, 0.2) is 48.6 Å². The van der Waals surface area contributed by atoms with Gasteiger partial charge in [-0.1, -0.05) is 55.9 Å². The highest BCUT2D eigenvalue weighted by atomic mass is 16.4. The third-order valence-corrected chi connectivity index (χ3v) is 2.27. The fourth-order valence-electron chi connectivity index (χ4n) is 1.32. The van der Waals surface area contributed by atoms with E-state index in [0.29, 0.717) is 0 Å². The second-order valence-corrected chi connectivity index (χ2v) is 4.01. The molecule has 18 heavy (non-hydrogen) atoms. The van der Waals surface area contributed by atoms with Gasteiger partial charge in [0.2, 0.25) is 0 Å². The van der Waals surface area contributed by atoms with Crippen molar-refractivity contribution in [3.05, 3.63) is 48.6 Å². The Kier molecular flexibility index (Phi) is 12.3. The van der Waals surface area contributed by atoms with Crippen LogP contribution in [0.4, 0.5) is 0 Å². The number of allylic oxidation sites excluding steroid dienone is 7. The van der Waals surface area contributed by atoms with Gasteiger partial charge in [0.25, 0.3) is 0 Å². The van der Waals surface area contributed by atoms with Crippen molar-refractivity contribution in [2.24, 2.45) is 0 Å². The van der Waals surface area contributed by atoms with Gasteiger partial charge in [0.05, 0.1) is 0 Å². The van der Waals surface area contributed by atoms with Crippen LogP contribution < -0.4 is 0 Å². The molecular weight excluding hydrogens is 224 g/mol. The van der Waals surface area contributed by atoms with Gasteiger partial charge in [-0.15, -0.1) is 0 Å². The topological polar surface area (TPSA) is 37.3 Å². The minimum absolute atomic E-state index is 0.774. The summed E-state index contributed by atoms with van der Waals surface area (Å²) in [6.45, 7) is 2.18. The number of carboxylic acid groups (broad SMARTS) is 1. The SMILES string of the molecule is CCC/C=C\CC/C=C\C=C/CC/C=C/C(=O)O. The maximum absolute atomic E-state index is 10.2. The summed E-state index contributed by atoms with van der Waals surface area (Å²) in [6.07, 6.45) is 21.8. The Labute approximate surface area is 110 Å². The molecule has 0 aromatic rings. The largest absolute Gasteiger partial charge is 0.478 e. The van der Waals surface area contributed by atoms with Gasteiger partial charge in [0, 0.05) is 6.08 Å². The van der Waals surface area contributed by atoms with Gasteiger partial charge in [-0.2, -0.15) is 0 Å². The Morgan fingerprint density at radius 3 is 1.89 bits per heavy atom. The fraction of sp³-hybridized carbons (Fsp3) is 0.438. The van der Waals surface area contributed by atoms with Crippen molar-refractivity contribution in [1.82, 2.24) is 0 Å². The summed E-state index contributed by atoms with van der Waals surface area (Å²) < 4.78 is 0. The monoisotopic (exact) mass is 248 g/mol. The first-order chi connectivity index (χ1) is 8.77. The quantitative estimate of drug-likeness (QED) is 0.264. The Morgan fingerprint density at radius 2 is 1.33 bits per heavy atom. The summed E-state index contributed by atoms with van der Waals surface area (Å²) in [5, 5.41) is 8.37. The van der Waals surface area contributed by atoms with Crippen LogP contribution in [0.3, 0.4) is 0 Å². The highest BCUT2D eigenvalue weighted by Crippen LogP contribution is 1.97. The Balaban J connectivity index is 3.43. The molecule has 2 nitrogen and oxygen atoms in total. The number of aliphatic carboxylic acids is 1. The van der Waals surface area contributed by atoms with Crippen LogP contribution in [0.1, 0.15) is 45.4 Å². The zero-order valence-corrected chi connectivity index (χ0v) is 11.2. The molecule has 0 fully saturated rings. The van der Waals surface area contributed by atoms with E-state index in [2.05, 4.69) is 37.3 Å². The van der Waals surface area contributed by atoms with Gasteiger partial charge >= 0.3 is 5.97 Å². The summed E-state index contributed by atoms with van der Waals surface area (Å²) in [6, 6.07) is 0. The fourth-order valence-corrected chi connectivity index (χ4v) is 1.32. The molecule has 0 heterocycles. The van der Waals surface area contributed by atoms with Gasteiger partial charge in [0.1, 0.15) is 0 Å². The van der Waals surface area contributed by atoms with Crippen molar-refractivity contribution in [2.75, 3.05) is 0 Å². The molecule has 0 amide bonds. The number of unbranched alkanes of at least 4 members (excludes halogenated alkanes) is 3. The average molecular weight is 248 g/mol. The minimum Gasteiger partial charge on any atom is -0.478 e. The zero-order chi connectivity index (χ0) is 13.5. The van der Waals surface area contributed by atoms with Crippen molar-refractivity contribution in [2.45, 2.75) is 45.4 Å². The predicted octanol–water partition coefficient (Wildman–Crippen LogP) is 4.66. The Morgan fingerprint density at radius 1 is 0.833 bits per heavy atom. The van der Waals surface area contributed by atoms with E-state index < -0.39 is 5.97 Å². The second-order valence-electron chi connectivity index (χ2n) is 4.01. The zero-order valence-electron chi connectivity index (χ0n) is 11.2. The predicted molar refractivity (Wildman–Crippen MR) is 77.6 cm³/mol. The lowest BCUT2D eigenvalue weighted by molar-refractivity contribution is -0.131. The molecule has 2 heteroatoms. The molecule has 0 saturated carbocycles. The lowest BCUT2D eigenvalue weighted by Gasteiger charge is -1.87. The summed E-state index contributed by atoms with van der Waals surface area (Å²) in [4.78, 5) is 10.2. The smallest absolute Gasteiger partial charge is 0.327 e. The van der Waals surface area contributed by atoms with Crippen molar-refractivity contribution in [3.8, 4) is 0 Å². The summed E-state index contributed by atoms with van der Waals surface area (Å²) >= 11 is 0. The van der Waals surface area contributed by atoms with Gasteiger partial charge in [-0.3, -0.25) is 0 Å². The number of hydrogen-bond donors (Lipinski definition) is 1. The highest BCUT2D eigenvalue weighted by Gasteiger charge is 1.83. The summed E-state index contributed by atoms with van der Waals surface area (Å²) in [7, 11) is 0. The molecule has 100 valence electrons. The van der Waals surface area contributed by atoms with Gasteiger partial charge in [-0.05, 0) is 32.1 Å². The minimum atomic E-state index is -0.880. The third-order valence-electron chi connectivity index (χ3n) is 2.27. The number of hydrogen-bond acceptors (Lipinski definition) is 1. The first-order valence-corrected chi connectivity index (χ1v) is 6.63. The van der Waals surface area contributed by atoms with E-state index >= 15 is 0 Å². The van der Waals surface area contributed by atoms with E-state index in [1.54, 1.807) is 6.08 Å². The standard InChI is InChI=1S/C16H24O2/c1-2-3-4-5-6-7-8-9-10-11-12-13-14-15-16(17)18/h4-5,8-11,14-15H,2-3,6-7,12-13H2,1H3,(H,17,18)/b5-4-,9-8-,11-10-,15-14+. The maximum atomic E-state index is 10.2. The lowest BCUT2D eigenvalue weighted by atomic mass is 10.2. The lowest BCUT2D eigenvalue weighted by Crippen LogP contribution is -1.84. The van der Waals surface area contributed by atoms with Crippen LogP contribution in [0.5, 0.6) is 0 Å². The van der Waals surface area contributed by atoms with Crippen LogP contribution in [0, 0.1) is 0 Å². The van der Waals surface area contributed by atoms with Gasteiger partial charge < -0.3 is 5.11 Å². The van der Waals surface area contributed by atoms with Crippen LogP contribution in [-0.2, 0) is 4.79 Å². The van der Waals surface area contributed by atoms with E-state index in [4.69, 9.17) is 5.11 Å². The Hall–Kier alpha value is -1.57. The molecule has 0 atom stereocenters. The molecule has 0 bridgehead atoms. The maximum Gasteiger partial charge on any atom is 0.327 e. The van der Waals surface area contributed by atoms with Crippen LogP contribution in [-0.4, -0.2) is 11.1 Å². The molecule has 0 saturated heterocycles. The van der Waals surface area contributed by atoms with Crippen molar-refractivity contribution < 1.29 is 9.90 Å². The van der Waals surface area contributed by atoms with Gasteiger partial charge in [0.15, 0.2) is 0 Å². The van der Waals surface area contributed by atoms with E-state index in [0.717, 1.165) is 25.7 Å². The van der Waals surface area contributed by atoms with Crippen molar-refractivity contribution in [3.63, 3.8) is 0 Å². The van der Waals surface area contributed by atoms with Crippen LogP contribution >= 0.6 is 0 Å². The molecule has 0 aromatic heterocycles. The van der Waals surface area contributed by atoms with Gasteiger partial charge in [-0.25, -0.2) is 4.79 Å². The molecule has 0 spiro atoms. The highest BCUT2D eigenvalue weighted by molar-refractivity contribution is 5.79. The Bertz CT molecular complexity index is 309. The van der Waals surface area contributed by atoms with Crippen LogP contribution in [0.2, 0.25) is 0 Å². The molecule has 0 rings (SSSR count). The number of carboxylic acids is 1. The van der Waals surface area contributed by atoms with Crippen LogP contribution in [0.25, 0.3) is 0 Å². The molecular formula is C16H24O2. The molecule has 1 N–H and O–H groups in total. The number of carbonyl (C=O) groups is 1. The molecule has 0 radical (unpaired) electrons. The number of rotatable bonds is 10. The summed E-state index contributed by atoms with van der Waals surface area (Å²) in [5.41, 5.74) is 0.